The molecule has 0 saturated carbocycles. The van der Waals surface area contributed by atoms with Crippen LogP contribution in [-0.4, -0.2) is 40.3 Å². The Hall–Kier alpha value is -2.05. The average Bonchev–Trinajstić information content (AvgIpc) is 2.64. The van der Waals surface area contributed by atoms with Gasteiger partial charge in [-0.1, -0.05) is 12.1 Å². The summed E-state index contributed by atoms with van der Waals surface area (Å²) in [6.07, 6.45) is 0. The maximum absolute atomic E-state index is 11.9. The van der Waals surface area contributed by atoms with Crippen molar-refractivity contribution in [3.05, 3.63) is 17.0 Å². The molecule has 0 aliphatic carbocycles. The van der Waals surface area contributed by atoms with Crippen LogP contribution in [-0.2, 0) is 11.3 Å². The van der Waals surface area contributed by atoms with Gasteiger partial charge in [0.2, 0.25) is 0 Å². The second kappa shape index (κ2) is 5.52. The molecule has 110 valence electrons. The summed E-state index contributed by atoms with van der Waals surface area (Å²) in [5.74, 6) is -0.492. The molecule has 7 heteroatoms. The maximum Gasteiger partial charge on any atom is 0.317 e. The minimum atomic E-state index is -0.814. The molecule has 1 atom stereocenters. The van der Waals surface area contributed by atoms with Gasteiger partial charge in [-0.3, -0.25) is 4.79 Å². The number of carbonyl (C=O) groups is 2. The first-order valence-electron chi connectivity index (χ1n) is 6.57. The second-order valence-corrected chi connectivity index (χ2v) is 5.25. The first-order valence-corrected chi connectivity index (χ1v) is 6.57. The van der Waals surface area contributed by atoms with Crippen LogP contribution in [0.25, 0.3) is 0 Å². The van der Waals surface area contributed by atoms with E-state index in [1.807, 2.05) is 6.92 Å². The summed E-state index contributed by atoms with van der Waals surface area (Å²) in [5.41, 5.74) is 1.65. The van der Waals surface area contributed by atoms with E-state index in [0.29, 0.717) is 25.4 Å². The van der Waals surface area contributed by atoms with Crippen molar-refractivity contribution < 1.29 is 19.2 Å². The lowest BCUT2D eigenvalue weighted by atomic mass is 9.87. The summed E-state index contributed by atoms with van der Waals surface area (Å²) in [4.78, 5) is 24.3. The Bertz CT molecular complexity index is 500. The van der Waals surface area contributed by atoms with Gasteiger partial charge in [-0.05, 0) is 13.8 Å². The van der Waals surface area contributed by atoms with Crippen LogP contribution in [0.3, 0.4) is 0 Å². The van der Waals surface area contributed by atoms with Gasteiger partial charge in [-0.15, -0.1) is 0 Å². The van der Waals surface area contributed by atoms with Crippen LogP contribution in [0.1, 0.15) is 23.9 Å². The van der Waals surface area contributed by atoms with Crippen LogP contribution >= 0.6 is 0 Å². The number of carboxylic acids is 1. The normalized spacial score (nSPS) is 16.6. The number of urea groups is 1. The number of hydrogen-bond acceptors (Lipinski definition) is 4. The van der Waals surface area contributed by atoms with E-state index in [-0.39, 0.29) is 11.9 Å². The maximum atomic E-state index is 11.9. The lowest BCUT2D eigenvalue weighted by molar-refractivity contribution is -0.144. The number of aryl methyl sites for hydroxylation is 2. The summed E-state index contributed by atoms with van der Waals surface area (Å²) in [7, 11) is 0. The van der Waals surface area contributed by atoms with Gasteiger partial charge in [-0.2, -0.15) is 0 Å². The molecule has 0 bridgehead atoms. The highest BCUT2D eigenvalue weighted by molar-refractivity contribution is 5.76. The van der Waals surface area contributed by atoms with Crippen LogP contribution in [0, 0.1) is 25.7 Å². The highest BCUT2D eigenvalue weighted by Crippen LogP contribution is 2.24. The smallest absolute Gasteiger partial charge is 0.317 e. The van der Waals surface area contributed by atoms with Gasteiger partial charge in [-0.25, -0.2) is 4.79 Å². The number of carboxylic acid groups (broad SMARTS) is 1. The van der Waals surface area contributed by atoms with Crippen molar-refractivity contribution >= 4 is 12.0 Å². The van der Waals surface area contributed by atoms with E-state index in [0.717, 1.165) is 11.3 Å². The third-order valence-corrected chi connectivity index (χ3v) is 3.89. The fourth-order valence-corrected chi connectivity index (χ4v) is 2.23. The van der Waals surface area contributed by atoms with Crippen LogP contribution in [0.2, 0.25) is 0 Å². The van der Waals surface area contributed by atoms with E-state index in [4.69, 9.17) is 9.63 Å². The van der Waals surface area contributed by atoms with Crippen molar-refractivity contribution in [2.24, 2.45) is 11.8 Å². The van der Waals surface area contributed by atoms with Crippen molar-refractivity contribution in [2.75, 3.05) is 13.1 Å². The molecule has 2 heterocycles. The molecule has 0 spiro atoms. The van der Waals surface area contributed by atoms with E-state index < -0.39 is 11.9 Å². The van der Waals surface area contributed by atoms with E-state index in [1.165, 1.54) is 0 Å². The number of nitrogens with one attached hydrogen (secondary N) is 1. The first-order chi connectivity index (χ1) is 9.40. The summed E-state index contributed by atoms with van der Waals surface area (Å²) in [6.45, 7) is 6.64. The van der Waals surface area contributed by atoms with Crippen LogP contribution in [0.15, 0.2) is 4.52 Å². The highest BCUT2D eigenvalue weighted by atomic mass is 16.5. The van der Waals surface area contributed by atoms with Crippen LogP contribution in [0.4, 0.5) is 4.79 Å². The Morgan fingerprint density at radius 3 is 2.65 bits per heavy atom. The number of amides is 2. The van der Waals surface area contributed by atoms with Gasteiger partial charge < -0.3 is 19.8 Å². The van der Waals surface area contributed by atoms with Gasteiger partial charge in [0.15, 0.2) is 0 Å². The van der Waals surface area contributed by atoms with E-state index in [9.17, 15) is 9.59 Å². The molecule has 1 unspecified atom stereocenters. The van der Waals surface area contributed by atoms with Gasteiger partial charge in [0.1, 0.15) is 5.76 Å². The zero-order valence-corrected chi connectivity index (χ0v) is 11.8. The van der Waals surface area contributed by atoms with Crippen molar-refractivity contribution in [2.45, 2.75) is 27.3 Å². The molecule has 1 aliphatic heterocycles. The fraction of sp³-hybridized carbons (Fsp3) is 0.615. The summed E-state index contributed by atoms with van der Waals surface area (Å²) in [5, 5.41) is 15.5. The highest BCUT2D eigenvalue weighted by Gasteiger charge is 2.37. The number of carbonyl (C=O) groups excluding carboxylic acids is 1. The van der Waals surface area contributed by atoms with Crippen molar-refractivity contribution in [3.63, 3.8) is 0 Å². The quantitative estimate of drug-likeness (QED) is 0.863. The molecule has 1 aromatic heterocycles. The van der Waals surface area contributed by atoms with E-state index in [1.54, 1.807) is 18.7 Å². The molecule has 0 radical (unpaired) electrons. The lowest BCUT2D eigenvalue weighted by Crippen LogP contribution is -2.56. The van der Waals surface area contributed by atoms with Crippen molar-refractivity contribution in [1.82, 2.24) is 15.4 Å². The van der Waals surface area contributed by atoms with Crippen molar-refractivity contribution in [1.29, 1.82) is 0 Å². The zero-order chi connectivity index (χ0) is 14.9. The predicted octanol–water partition coefficient (Wildman–Crippen LogP) is 1.15. The molecule has 0 aromatic carbocycles. The predicted molar refractivity (Wildman–Crippen MR) is 70.1 cm³/mol. The molecule has 1 saturated heterocycles. The number of nitrogens with zero attached hydrogens (tertiary/aromatic N) is 2. The summed E-state index contributed by atoms with van der Waals surface area (Å²) < 4.78 is 5.02. The Morgan fingerprint density at radius 2 is 2.15 bits per heavy atom. The van der Waals surface area contributed by atoms with Gasteiger partial charge in [0, 0.05) is 31.1 Å². The number of likely N-dealkylation sites (tertiary alicyclic amines) is 1. The minimum Gasteiger partial charge on any atom is -0.481 e. The Balaban J connectivity index is 1.79. The topological polar surface area (TPSA) is 95.7 Å². The Labute approximate surface area is 116 Å². The first kappa shape index (κ1) is 14.4. The molecule has 20 heavy (non-hydrogen) atoms. The van der Waals surface area contributed by atoms with Crippen LogP contribution in [0.5, 0.6) is 0 Å². The molecule has 2 amide bonds. The molecule has 1 aromatic rings. The number of hydrogen-bond donors (Lipinski definition) is 2. The average molecular weight is 281 g/mol. The Morgan fingerprint density at radius 1 is 1.50 bits per heavy atom. The number of rotatable bonds is 4. The molecule has 1 fully saturated rings. The molecule has 1 aliphatic rings. The third-order valence-electron chi connectivity index (χ3n) is 3.89. The van der Waals surface area contributed by atoms with E-state index >= 15 is 0 Å². The Kier molecular flexibility index (Phi) is 3.96. The van der Waals surface area contributed by atoms with Crippen LogP contribution < -0.4 is 5.32 Å². The van der Waals surface area contributed by atoms with Crippen molar-refractivity contribution in [3.8, 4) is 0 Å². The fourth-order valence-electron chi connectivity index (χ4n) is 2.23. The molecular weight excluding hydrogens is 262 g/mol. The third kappa shape index (κ3) is 2.76. The van der Waals surface area contributed by atoms with Gasteiger partial charge in [0.25, 0.3) is 0 Å². The zero-order valence-electron chi connectivity index (χ0n) is 11.8. The molecule has 2 N–H and O–H groups in total. The summed E-state index contributed by atoms with van der Waals surface area (Å²) in [6, 6.07) is -0.182. The number of aromatic nitrogens is 1. The van der Waals surface area contributed by atoms with E-state index in [2.05, 4.69) is 10.5 Å². The summed E-state index contributed by atoms with van der Waals surface area (Å²) >= 11 is 0. The second-order valence-electron chi connectivity index (χ2n) is 5.25. The molecule has 7 nitrogen and oxygen atoms in total. The largest absolute Gasteiger partial charge is 0.481 e. The standard InChI is InChI=1S/C13H19N3O4/c1-7(12(17)18)10-5-16(6-10)13(19)14-4-11-8(2)15-20-9(11)3/h7,10H,4-6H2,1-3H3,(H,14,19)(H,17,18). The SMILES string of the molecule is Cc1noc(C)c1CNC(=O)N1CC(C(C)C(=O)O)C1. The molecule has 2 rings (SSSR count). The van der Waals surface area contributed by atoms with Gasteiger partial charge >= 0.3 is 12.0 Å². The number of aliphatic carboxylic acids is 1. The van der Waals surface area contributed by atoms with Gasteiger partial charge in [0.05, 0.1) is 11.6 Å². The lowest BCUT2D eigenvalue weighted by Gasteiger charge is -2.41. The monoisotopic (exact) mass is 281 g/mol. The minimum absolute atomic E-state index is 0.0392. The molecular formula is C13H19N3O4.